The summed E-state index contributed by atoms with van der Waals surface area (Å²) in [6.45, 7) is 8.32. The summed E-state index contributed by atoms with van der Waals surface area (Å²) in [5.41, 5.74) is 3.56. The van der Waals surface area contributed by atoms with Gasteiger partial charge in [0.1, 0.15) is 5.75 Å². The van der Waals surface area contributed by atoms with Crippen molar-refractivity contribution in [1.82, 2.24) is 0 Å². The second-order valence-electron chi connectivity index (χ2n) is 8.12. The number of carbonyl (C=O) groups is 1. The minimum atomic E-state index is -0.414. The fourth-order valence-electron chi connectivity index (χ4n) is 3.00. The Balaban J connectivity index is 1.87. The lowest BCUT2D eigenvalue weighted by Gasteiger charge is -2.23. The van der Waals surface area contributed by atoms with Crippen LogP contribution in [0.5, 0.6) is 11.5 Å². The number of benzene rings is 3. The number of urea groups is 1. The summed E-state index contributed by atoms with van der Waals surface area (Å²) in [6, 6.07) is 21.9. The Kier molecular flexibility index (Phi) is 6.08. The summed E-state index contributed by atoms with van der Waals surface area (Å²) in [4.78, 5) is 12.5. The van der Waals surface area contributed by atoms with Gasteiger partial charge in [0.2, 0.25) is 0 Å². The second kappa shape index (κ2) is 8.71. The molecule has 3 aromatic carbocycles. The SMILES string of the molecule is Cc1ccc(NC(=O)Nc2cc(C#N)ccc2Oc2ccccc2C(C)(C)C)cc1. The number of amides is 2. The topological polar surface area (TPSA) is 74.2 Å². The molecular weight excluding hydrogens is 374 g/mol. The molecule has 5 heteroatoms. The van der Waals surface area contributed by atoms with E-state index in [2.05, 4.69) is 37.5 Å². The Hall–Kier alpha value is -3.78. The maximum atomic E-state index is 12.5. The van der Waals surface area contributed by atoms with Crippen LogP contribution >= 0.6 is 0 Å². The molecule has 3 rings (SSSR count). The number of nitrogens with zero attached hydrogens (tertiary/aromatic N) is 1. The average molecular weight is 399 g/mol. The molecule has 2 amide bonds. The predicted octanol–water partition coefficient (Wildman–Crippen LogP) is 6.60. The van der Waals surface area contributed by atoms with E-state index in [0.717, 1.165) is 11.1 Å². The van der Waals surface area contributed by atoms with Gasteiger partial charge in [0.25, 0.3) is 0 Å². The van der Waals surface area contributed by atoms with Crippen LogP contribution in [0.1, 0.15) is 37.5 Å². The number of para-hydroxylation sites is 1. The first-order valence-electron chi connectivity index (χ1n) is 9.72. The molecule has 2 N–H and O–H groups in total. The van der Waals surface area contributed by atoms with Gasteiger partial charge in [-0.05, 0) is 48.7 Å². The van der Waals surface area contributed by atoms with Crippen molar-refractivity contribution in [2.45, 2.75) is 33.1 Å². The maximum Gasteiger partial charge on any atom is 0.323 e. The Morgan fingerprint density at radius 3 is 2.30 bits per heavy atom. The minimum Gasteiger partial charge on any atom is -0.455 e. The fourth-order valence-corrected chi connectivity index (χ4v) is 3.00. The van der Waals surface area contributed by atoms with E-state index in [0.29, 0.717) is 28.4 Å². The number of rotatable bonds is 4. The Labute approximate surface area is 177 Å². The smallest absolute Gasteiger partial charge is 0.323 e. The molecule has 0 radical (unpaired) electrons. The van der Waals surface area contributed by atoms with Crippen molar-refractivity contribution in [3.05, 3.63) is 83.4 Å². The van der Waals surface area contributed by atoms with Gasteiger partial charge in [-0.15, -0.1) is 0 Å². The zero-order chi connectivity index (χ0) is 21.7. The van der Waals surface area contributed by atoms with Gasteiger partial charge in [-0.1, -0.05) is 56.7 Å². The van der Waals surface area contributed by atoms with E-state index in [9.17, 15) is 10.1 Å². The van der Waals surface area contributed by atoms with Crippen LogP contribution in [0.3, 0.4) is 0 Å². The van der Waals surface area contributed by atoms with Crippen LogP contribution in [-0.2, 0) is 5.41 Å². The molecule has 0 atom stereocenters. The van der Waals surface area contributed by atoms with Crippen LogP contribution in [0.15, 0.2) is 66.7 Å². The standard InChI is InChI=1S/C25H25N3O2/c1-17-9-12-19(13-10-17)27-24(29)28-21-15-18(16-26)11-14-23(21)30-22-8-6-5-7-20(22)25(2,3)4/h5-15H,1-4H3,(H2,27,28,29). The first-order chi connectivity index (χ1) is 14.3. The molecule has 0 saturated heterocycles. The van der Waals surface area contributed by atoms with Crippen molar-refractivity contribution in [2.24, 2.45) is 0 Å². The summed E-state index contributed by atoms with van der Waals surface area (Å²) in [7, 11) is 0. The molecule has 0 aliphatic carbocycles. The van der Waals surface area contributed by atoms with Crippen molar-refractivity contribution >= 4 is 17.4 Å². The van der Waals surface area contributed by atoms with Gasteiger partial charge < -0.3 is 15.4 Å². The molecule has 3 aromatic rings. The molecule has 0 unspecified atom stereocenters. The Morgan fingerprint density at radius 1 is 0.933 bits per heavy atom. The maximum absolute atomic E-state index is 12.5. The van der Waals surface area contributed by atoms with E-state index in [1.165, 1.54) is 0 Å². The van der Waals surface area contributed by atoms with Crippen LogP contribution in [-0.4, -0.2) is 6.03 Å². The van der Waals surface area contributed by atoms with Crippen molar-refractivity contribution in [3.63, 3.8) is 0 Å². The first kappa shape index (κ1) is 20.9. The molecule has 0 aromatic heterocycles. The highest BCUT2D eigenvalue weighted by atomic mass is 16.5. The molecular formula is C25H25N3O2. The van der Waals surface area contributed by atoms with E-state index in [-0.39, 0.29) is 5.41 Å². The molecule has 0 heterocycles. The largest absolute Gasteiger partial charge is 0.455 e. The number of nitriles is 1. The highest BCUT2D eigenvalue weighted by Crippen LogP contribution is 2.37. The average Bonchev–Trinajstić information content (AvgIpc) is 2.70. The van der Waals surface area contributed by atoms with Gasteiger partial charge >= 0.3 is 6.03 Å². The van der Waals surface area contributed by atoms with Crippen LogP contribution in [0.4, 0.5) is 16.2 Å². The number of anilines is 2. The Morgan fingerprint density at radius 2 is 1.63 bits per heavy atom. The summed E-state index contributed by atoms with van der Waals surface area (Å²) >= 11 is 0. The van der Waals surface area contributed by atoms with E-state index in [1.807, 2.05) is 55.5 Å². The lowest BCUT2D eigenvalue weighted by atomic mass is 9.86. The molecule has 0 aliphatic rings. The summed E-state index contributed by atoms with van der Waals surface area (Å²) in [5.74, 6) is 1.17. The van der Waals surface area contributed by atoms with Crippen LogP contribution in [0, 0.1) is 18.3 Å². The monoisotopic (exact) mass is 399 g/mol. The van der Waals surface area contributed by atoms with E-state index >= 15 is 0 Å². The van der Waals surface area contributed by atoms with Crippen molar-refractivity contribution in [3.8, 4) is 17.6 Å². The van der Waals surface area contributed by atoms with Gasteiger partial charge in [0.05, 0.1) is 17.3 Å². The van der Waals surface area contributed by atoms with Gasteiger partial charge in [-0.25, -0.2) is 4.79 Å². The molecule has 5 nitrogen and oxygen atoms in total. The van der Waals surface area contributed by atoms with Gasteiger partial charge in [0.15, 0.2) is 5.75 Å². The summed E-state index contributed by atoms with van der Waals surface area (Å²) < 4.78 is 6.18. The van der Waals surface area contributed by atoms with E-state index in [4.69, 9.17) is 4.74 Å². The number of hydrogen-bond acceptors (Lipinski definition) is 3. The van der Waals surface area contributed by atoms with Crippen LogP contribution in [0.2, 0.25) is 0 Å². The first-order valence-corrected chi connectivity index (χ1v) is 9.72. The molecule has 0 spiro atoms. The molecule has 152 valence electrons. The number of nitrogens with one attached hydrogen (secondary N) is 2. The third-order valence-corrected chi connectivity index (χ3v) is 4.58. The van der Waals surface area contributed by atoms with Gasteiger partial charge in [-0.3, -0.25) is 0 Å². The summed E-state index contributed by atoms with van der Waals surface area (Å²) in [6.07, 6.45) is 0. The molecule has 30 heavy (non-hydrogen) atoms. The normalized spacial score (nSPS) is 10.8. The number of ether oxygens (including phenoxy) is 1. The highest BCUT2D eigenvalue weighted by Gasteiger charge is 2.20. The third-order valence-electron chi connectivity index (χ3n) is 4.58. The minimum absolute atomic E-state index is 0.112. The van der Waals surface area contributed by atoms with Crippen LogP contribution < -0.4 is 15.4 Å². The predicted molar refractivity (Wildman–Crippen MR) is 120 cm³/mol. The lowest BCUT2D eigenvalue weighted by Crippen LogP contribution is -2.20. The van der Waals surface area contributed by atoms with E-state index < -0.39 is 6.03 Å². The quantitative estimate of drug-likeness (QED) is 0.519. The summed E-state index contributed by atoms with van der Waals surface area (Å²) in [5, 5.41) is 14.9. The molecule has 0 saturated carbocycles. The third kappa shape index (κ3) is 5.18. The lowest BCUT2D eigenvalue weighted by molar-refractivity contribution is 0.262. The molecule has 0 fully saturated rings. The highest BCUT2D eigenvalue weighted by molar-refractivity contribution is 6.00. The van der Waals surface area contributed by atoms with Crippen LogP contribution in [0.25, 0.3) is 0 Å². The van der Waals surface area contributed by atoms with Crippen molar-refractivity contribution in [2.75, 3.05) is 10.6 Å². The number of carbonyl (C=O) groups excluding carboxylic acids is 1. The molecule has 0 aliphatic heterocycles. The van der Waals surface area contributed by atoms with Crippen molar-refractivity contribution < 1.29 is 9.53 Å². The fraction of sp³-hybridized carbons (Fsp3) is 0.200. The number of hydrogen-bond donors (Lipinski definition) is 2. The number of aryl methyl sites for hydroxylation is 1. The second-order valence-corrected chi connectivity index (χ2v) is 8.12. The molecule has 0 bridgehead atoms. The zero-order valence-corrected chi connectivity index (χ0v) is 17.6. The Bertz CT molecular complexity index is 1090. The zero-order valence-electron chi connectivity index (χ0n) is 17.6. The van der Waals surface area contributed by atoms with Gasteiger partial charge in [0, 0.05) is 11.3 Å². The van der Waals surface area contributed by atoms with Gasteiger partial charge in [-0.2, -0.15) is 5.26 Å². The van der Waals surface area contributed by atoms with Crippen molar-refractivity contribution in [1.29, 1.82) is 5.26 Å². The van der Waals surface area contributed by atoms with E-state index in [1.54, 1.807) is 18.2 Å².